The normalized spacial score (nSPS) is 12.4. The number of aliphatic imine (C=N–C) groups is 1. The first-order valence-electron chi connectivity index (χ1n) is 10.4. The van der Waals surface area contributed by atoms with Crippen LogP contribution in [0.25, 0.3) is 0 Å². The Morgan fingerprint density at radius 1 is 1.13 bits per heavy atom. The predicted octanol–water partition coefficient (Wildman–Crippen LogP) is 6.42. The lowest BCUT2D eigenvalue weighted by atomic mass is 10.00. The Balaban J connectivity index is 1.89. The van der Waals surface area contributed by atoms with Crippen LogP contribution in [0.15, 0.2) is 57.4 Å². The molecular weight excluding hydrogens is 381 g/mol. The molecule has 0 atom stereocenters. The van der Waals surface area contributed by atoms with Crippen molar-refractivity contribution >= 4 is 11.5 Å². The van der Waals surface area contributed by atoms with Crippen LogP contribution in [0.3, 0.4) is 0 Å². The zero-order chi connectivity index (χ0) is 21.8. The fourth-order valence-corrected chi connectivity index (χ4v) is 3.22. The van der Waals surface area contributed by atoms with Gasteiger partial charge < -0.3 is 4.42 Å². The SMILES string of the molecule is CCC/C(CCCCCCC(=O)c1ncco1)=C(C#N)\N=C(/C)c1ccc(F)cc1. The number of carbonyl (C=O) groups is 1. The van der Waals surface area contributed by atoms with Crippen molar-refractivity contribution < 1.29 is 13.6 Å². The van der Waals surface area contributed by atoms with Crippen molar-refractivity contribution in [1.82, 2.24) is 4.98 Å². The number of nitrogens with zero attached hydrogens (tertiary/aromatic N) is 3. The van der Waals surface area contributed by atoms with Gasteiger partial charge in [-0.3, -0.25) is 4.79 Å². The molecule has 0 spiro atoms. The number of aromatic nitrogens is 1. The van der Waals surface area contributed by atoms with Gasteiger partial charge in [0.15, 0.2) is 0 Å². The van der Waals surface area contributed by atoms with E-state index in [2.05, 4.69) is 23.0 Å². The van der Waals surface area contributed by atoms with Crippen molar-refractivity contribution in [3.63, 3.8) is 0 Å². The predicted molar refractivity (Wildman–Crippen MR) is 115 cm³/mol. The third kappa shape index (κ3) is 7.40. The Morgan fingerprint density at radius 2 is 1.83 bits per heavy atom. The first-order chi connectivity index (χ1) is 14.5. The van der Waals surface area contributed by atoms with Crippen molar-refractivity contribution in [2.24, 2.45) is 4.99 Å². The molecule has 2 aromatic rings. The summed E-state index contributed by atoms with van der Waals surface area (Å²) in [7, 11) is 0. The summed E-state index contributed by atoms with van der Waals surface area (Å²) in [5.74, 6) is -0.184. The highest BCUT2D eigenvalue weighted by molar-refractivity contribution is 5.99. The minimum atomic E-state index is -0.295. The van der Waals surface area contributed by atoms with Gasteiger partial charge in [-0.05, 0) is 55.9 Å². The smallest absolute Gasteiger partial charge is 0.263 e. The van der Waals surface area contributed by atoms with E-state index in [0.29, 0.717) is 17.8 Å². The van der Waals surface area contributed by atoms with Crippen molar-refractivity contribution in [3.8, 4) is 6.07 Å². The molecule has 0 fully saturated rings. The van der Waals surface area contributed by atoms with E-state index < -0.39 is 0 Å². The molecule has 6 heteroatoms. The first-order valence-corrected chi connectivity index (χ1v) is 10.4. The summed E-state index contributed by atoms with van der Waals surface area (Å²) in [4.78, 5) is 20.3. The van der Waals surface area contributed by atoms with Crippen LogP contribution < -0.4 is 0 Å². The van der Waals surface area contributed by atoms with Gasteiger partial charge in [-0.15, -0.1) is 0 Å². The van der Waals surface area contributed by atoms with Crippen LogP contribution in [0.4, 0.5) is 4.39 Å². The number of ketones is 1. The van der Waals surface area contributed by atoms with Crippen LogP contribution >= 0.6 is 0 Å². The van der Waals surface area contributed by atoms with Gasteiger partial charge in [0.2, 0.25) is 5.78 Å². The van der Waals surface area contributed by atoms with E-state index in [9.17, 15) is 14.4 Å². The Labute approximate surface area is 177 Å². The molecule has 1 aromatic carbocycles. The van der Waals surface area contributed by atoms with Crippen LogP contribution in [0.2, 0.25) is 0 Å². The lowest BCUT2D eigenvalue weighted by molar-refractivity contribution is 0.0945. The van der Waals surface area contributed by atoms with Gasteiger partial charge in [-0.1, -0.05) is 38.3 Å². The van der Waals surface area contributed by atoms with E-state index in [0.717, 1.165) is 56.1 Å². The number of nitriles is 1. The Morgan fingerprint density at radius 3 is 2.43 bits per heavy atom. The number of hydrogen-bond acceptors (Lipinski definition) is 5. The molecule has 0 saturated carbocycles. The number of allylic oxidation sites excluding steroid dienone is 2. The van der Waals surface area contributed by atoms with Gasteiger partial charge in [0.1, 0.15) is 23.8 Å². The molecule has 0 amide bonds. The van der Waals surface area contributed by atoms with Gasteiger partial charge >= 0.3 is 0 Å². The zero-order valence-corrected chi connectivity index (χ0v) is 17.7. The number of unbranched alkanes of at least 4 members (excludes halogenated alkanes) is 3. The number of rotatable bonds is 12. The van der Waals surface area contributed by atoms with Crippen LogP contribution in [-0.2, 0) is 0 Å². The van der Waals surface area contributed by atoms with Crippen molar-refractivity contribution in [2.45, 2.75) is 65.2 Å². The van der Waals surface area contributed by atoms with E-state index in [1.165, 1.54) is 24.6 Å². The highest BCUT2D eigenvalue weighted by atomic mass is 19.1. The molecule has 0 aliphatic heterocycles. The number of Topliss-reactive ketones (excluding diaryl/α,β-unsaturated/α-hetero) is 1. The van der Waals surface area contributed by atoms with Crippen LogP contribution in [0.5, 0.6) is 0 Å². The summed E-state index contributed by atoms with van der Waals surface area (Å²) in [5, 5.41) is 9.63. The minimum Gasteiger partial charge on any atom is -0.442 e. The highest BCUT2D eigenvalue weighted by Crippen LogP contribution is 2.21. The van der Waals surface area contributed by atoms with E-state index in [1.807, 2.05) is 6.92 Å². The fraction of sp³-hybridized carbons (Fsp3) is 0.417. The van der Waals surface area contributed by atoms with Gasteiger partial charge in [0.05, 0.1) is 6.20 Å². The lowest BCUT2D eigenvalue weighted by Gasteiger charge is -2.09. The number of benzene rings is 1. The molecule has 0 radical (unpaired) electrons. The molecule has 0 unspecified atom stereocenters. The maximum absolute atomic E-state index is 13.1. The Bertz CT molecular complexity index is 907. The number of carbonyl (C=O) groups excluding carboxylic acids is 1. The summed E-state index contributed by atoms with van der Waals surface area (Å²) in [6.07, 6.45) is 9.54. The van der Waals surface area contributed by atoms with Crippen molar-refractivity contribution in [1.29, 1.82) is 5.26 Å². The van der Waals surface area contributed by atoms with E-state index in [4.69, 9.17) is 4.42 Å². The first kappa shape index (κ1) is 23.2. The standard InChI is InChI=1S/C24H28FN3O2/c1-3-8-20(9-6-4-5-7-10-23(29)24-27-15-16-30-24)22(17-26)28-18(2)19-11-13-21(25)14-12-19/h11-16H,3-10H2,1-2H3/b22-20+,28-18+. The Kier molecular flexibility index (Phi) is 9.66. The monoisotopic (exact) mass is 409 g/mol. The topological polar surface area (TPSA) is 79.2 Å². The van der Waals surface area contributed by atoms with E-state index in [-0.39, 0.29) is 17.5 Å². The average Bonchev–Trinajstić information content (AvgIpc) is 3.29. The molecule has 5 nitrogen and oxygen atoms in total. The van der Waals surface area contributed by atoms with Crippen molar-refractivity contribution in [2.75, 3.05) is 0 Å². The summed E-state index contributed by atoms with van der Waals surface area (Å²) < 4.78 is 18.1. The molecule has 2 rings (SSSR count). The zero-order valence-electron chi connectivity index (χ0n) is 17.7. The average molecular weight is 410 g/mol. The van der Waals surface area contributed by atoms with Gasteiger partial charge in [-0.2, -0.15) is 5.26 Å². The molecular formula is C24H28FN3O2. The van der Waals surface area contributed by atoms with E-state index >= 15 is 0 Å². The maximum atomic E-state index is 13.1. The number of hydrogen-bond donors (Lipinski definition) is 0. The minimum absolute atomic E-state index is 0.0658. The third-order valence-electron chi connectivity index (χ3n) is 4.84. The quantitative estimate of drug-likeness (QED) is 0.175. The van der Waals surface area contributed by atoms with E-state index in [1.54, 1.807) is 12.1 Å². The largest absolute Gasteiger partial charge is 0.442 e. The second kappa shape index (κ2) is 12.5. The molecule has 0 N–H and O–H groups in total. The summed E-state index contributed by atoms with van der Waals surface area (Å²) in [6.45, 7) is 3.92. The van der Waals surface area contributed by atoms with Gasteiger partial charge in [0.25, 0.3) is 5.89 Å². The van der Waals surface area contributed by atoms with Gasteiger partial charge in [-0.25, -0.2) is 14.4 Å². The summed E-state index contributed by atoms with van der Waals surface area (Å²) in [5.41, 5.74) is 3.01. The molecule has 158 valence electrons. The van der Waals surface area contributed by atoms with Crippen LogP contribution in [-0.4, -0.2) is 16.5 Å². The molecule has 0 saturated heterocycles. The van der Waals surface area contributed by atoms with Crippen LogP contribution in [0, 0.1) is 17.1 Å². The van der Waals surface area contributed by atoms with Crippen molar-refractivity contribution in [3.05, 3.63) is 65.3 Å². The molecule has 30 heavy (non-hydrogen) atoms. The molecule has 0 aliphatic rings. The summed E-state index contributed by atoms with van der Waals surface area (Å²) in [6, 6.07) is 8.36. The maximum Gasteiger partial charge on any atom is 0.263 e. The molecule has 0 aliphatic carbocycles. The van der Waals surface area contributed by atoms with Gasteiger partial charge in [0, 0.05) is 12.1 Å². The fourth-order valence-electron chi connectivity index (χ4n) is 3.22. The molecule has 1 aromatic heterocycles. The summed E-state index contributed by atoms with van der Waals surface area (Å²) >= 11 is 0. The second-order valence-corrected chi connectivity index (χ2v) is 7.19. The highest BCUT2D eigenvalue weighted by Gasteiger charge is 2.10. The lowest BCUT2D eigenvalue weighted by Crippen LogP contribution is -1.99. The number of halogens is 1. The molecule has 1 heterocycles. The third-order valence-corrected chi connectivity index (χ3v) is 4.84. The number of oxazole rings is 1. The second-order valence-electron chi connectivity index (χ2n) is 7.19. The van der Waals surface area contributed by atoms with Crippen LogP contribution in [0.1, 0.15) is 81.5 Å². The Hall–Kier alpha value is -3.07. The molecule has 0 bridgehead atoms.